The Labute approximate surface area is 129 Å². The second-order valence-corrected chi connectivity index (χ2v) is 4.95. The van der Waals surface area contributed by atoms with Crippen LogP contribution >= 0.6 is 0 Å². The monoisotopic (exact) mass is 303 g/mol. The molecule has 2 aromatic heterocycles. The Morgan fingerprint density at radius 2 is 2.27 bits per heavy atom. The molecule has 2 rings (SSSR count). The van der Waals surface area contributed by atoms with E-state index in [1.165, 1.54) is 0 Å². The number of rotatable bonds is 7. The topological polar surface area (TPSA) is 92.1 Å². The number of urea groups is 1. The molecule has 0 spiro atoms. The number of aromatic nitrogens is 3. The molecule has 1 unspecified atom stereocenters. The molecule has 7 nitrogen and oxygen atoms in total. The van der Waals surface area contributed by atoms with Crippen molar-refractivity contribution in [1.29, 1.82) is 0 Å². The van der Waals surface area contributed by atoms with Crippen molar-refractivity contribution < 1.29 is 9.90 Å². The van der Waals surface area contributed by atoms with E-state index in [2.05, 4.69) is 20.6 Å². The van der Waals surface area contributed by atoms with E-state index in [1.807, 2.05) is 29.8 Å². The van der Waals surface area contributed by atoms with Gasteiger partial charge in [0.05, 0.1) is 6.10 Å². The van der Waals surface area contributed by atoms with Crippen molar-refractivity contribution >= 4 is 6.03 Å². The molecule has 2 heterocycles. The standard InChI is InChI=1S/C15H21N5O2/c1-2-13(21)5-6-17-15(22)19-10-12-3-4-14(18-9-12)20-8-7-16-11-20/h3-4,7-9,11,13,21H,2,5-6,10H2,1H3,(H2,17,19,22). The summed E-state index contributed by atoms with van der Waals surface area (Å²) < 4.78 is 1.81. The molecule has 1 atom stereocenters. The predicted molar refractivity (Wildman–Crippen MR) is 82.5 cm³/mol. The van der Waals surface area contributed by atoms with E-state index in [0.29, 0.717) is 25.9 Å². The lowest BCUT2D eigenvalue weighted by Gasteiger charge is -2.10. The number of hydrogen-bond donors (Lipinski definition) is 3. The van der Waals surface area contributed by atoms with Crippen molar-refractivity contribution in [2.75, 3.05) is 6.54 Å². The van der Waals surface area contributed by atoms with E-state index in [4.69, 9.17) is 0 Å². The zero-order valence-corrected chi connectivity index (χ0v) is 12.6. The summed E-state index contributed by atoms with van der Waals surface area (Å²) in [5.41, 5.74) is 0.910. The number of nitrogens with zero attached hydrogens (tertiary/aromatic N) is 3. The lowest BCUT2D eigenvalue weighted by molar-refractivity contribution is 0.160. The molecule has 0 bridgehead atoms. The van der Waals surface area contributed by atoms with E-state index in [9.17, 15) is 9.90 Å². The third-order valence-corrected chi connectivity index (χ3v) is 3.27. The van der Waals surface area contributed by atoms with Crippen LogP contribution in [0.15, 0.2) is 37.1 Å². The molecule has 0 aliphatic carbocycles. The zero-order chi connectivity index (χ0) is 15.8. The Hall–Kier alpha value is -2.41. The molecule has 0 aliphatic rings. The largest absolute Gasteiger partial charge is 0.393 e. The molecule has 22 heavy (non-hydrogen) atoms. The first-order chi connectivity index (χ1) is 10.7. The van der Waals surface area contributed by atoms with Crippen molar-refractivity contribution in [3.05, 3.63) is 42.6 Å². The fraction of sp³-hybridized carbons (Fsp3) is 0.400. The first kappa shape index (κ1) is 16.0. The van der Waals surface area contributed by atoms with Gasteiger partial charge in [0.25, 0.3) is 0 Å². The summed E-state index contributed by atoms with van der Waals surface area (Å²) in [5, 5.41) is 14.9. The third kappa shape index (κ3) is 4.85. The van der Waals surface area contributed by atoms with Crippen LogP contribution in [0.5, 0.6) is 0 Å². The van der Waals surface area contributed by atoms with E-state index >= 15 is 0 Å². The fourth-order valence-electron chi connectivity index (χ4n) is 1.87. The summed E-state index contributed by atoms with van der Waals surface area (Å²) in [4.78, 5) is 19.9. The van der Waals surface area contributed by atoms with Gasteiger partial charge in [0.2, 0.25) is 0 Å². The van der Waals surface area contributed by atoms with E-state index < -0.39 is 0 Å². The van der Waals surface area contributed by atoms with Crippen LogP contribution in [0.25, 0.3) is 5.82 Å². The van der Waals surface area contributed by atoms with Crippen LogP contribution in [0.2, 0.25) is 0 Å². The average molecular weight is 303 g/mol. The van der Waals surface area contributed by atoms with Crippen molar-refractivity contribution in [3.8, 4) is 5.82 Å². The lowest BCUT2D eigenvalue weighted by atomic mass is 10.2. The van der Waals surface area contributed by atoms with Gasteiger partial charge in [-0.25, -0.2) is 14.8 Å². The Balaban J connectivity index is 1.73. The van der Waals surface area contributed by atoms with Gasteiger partial charge in [-0.3, -0.25) is 4.57 Å². The van der Waals surface area contributed by atoms with Gasteiger partial charge < -0.3 is 15.7 Å². The number of hydrogen-bond acceptors (Lipinski definition) is 4. The molecule has 2 amide bonds. The Morgan fingerprint density at radius 3 is 2.91 bits per heavy atom. The van der Waals surface area contributed by atoms with Crippen LogP contribution in [0.4, 0.5) is 4.79 Å². The van der Waals surface area contributed by atoms with E-state index in [-0.39, 0.29) is 12.1 Å². The first-order valence-corrected chi connectivity index (χ1v) is 7.32. The Morgan fingerprint density at radius 1 is 1.41 bits per heavy atom. The van der Waals surface area contributed by atoms with Gasteiger partial charge in [0.1, 0.15) is 12.1 Å². The third-order valence-electron chi connectivity index (χ3n) is 3.27. The molecule has 0 fully saturated rings. The van der Waals surface area contributed by atoms with Gasteiger partial charge in [-0.15, -0.1) is 0 Å². The molecular weight excluding hydrogens is 282 g/mol. The maximum Gasteiger partial charge on any atom is 0.315 e. The number of carbonyl (C=O) groups is 1. The minimum Gasteiger partial charge on any atom is -0.393 e. The molecule has 0 radical (unpaired) electrons. The van der Waals surface area contributed by atoms with Gasteiger partial charge in [-0.05, 0) is 24.5 Å². The smallest absolute Gasteiger partial charge is 0.315 e. The molecule has 7 heteroatoms. The minimum absolute atomic E-state index is 0.248. The Bertz CT molecular complexity index is 568. The van der Waals surface area contributed by atoms with Crippen LogP contribution < -0.4 is 10.6 Å². The highest BCUT2D eigenvalue weighted by Gasteiger charge is 2.04. The van der Waals surface area contributed by atoms with Crippen LogP contribution in [0.3, 0.4) is 0 Å². The maximum absolute atomic E-state index is 11.6. The molecule has 0 saturated carbocycles. The van der Waals surface area contributed by atoms with E-state index in [0.717, 1.165) is 11.4 Å². The summed E-state index contributed by atoms with van der Waals surface area (Å²) in [5.74, 6) is 0.777. The number of nitrogens with one attached hydrogen (secondary N) is 2. The summed E-state index contributed by atoms with van der Waals surface area (Å²) in [6, 6.07) is 3.53. The quantitative estimate of drug-likeness (QED) is 0.717. The molecule has 118 valence electrons. The summed E-state index contributed by atoms with van der Waals surface area (Å²) >= 11 is 0. The number of amides is 2. The second kappa shape index (κ2) is 8.14. The summed E-state index contributed by atoms with van der Waals surface area (Å²) in [6.07, 6.45) is 7.80. The SMILES string of the molecule is CCC(O)CCNC(=O)NCc1ccc(-n2ccnc2)nc1. The van der Waals surface area contributed by atoms with Crippen LogP contribution in [0.1, 0.15) is 25.3 Å². The maximum atomic E-state index is 11.6. The number of pyridine rings is 1. The Kier molecular flexibility index (Phi) is 5.91. The zero-order valence-electron chi connectivity index (χ0n) is 12.6. The minimum atomic E-state index is -0.361. The highest BCUT2D eigenvalue weighted by molar-refractivity contribution is 5.73. The first-order valence-electron chi connectivity index (χ1n) is 7.32. The number of carbonyl (C=O) groups excluding carboxylic acids is 1. The average Bonchev–Trinajstić information content (AvgIpc) is 3.07. The lowest BCUT2D eigenvalue weighted by Crippen LogP contribution is -2.36. The highest BCUT2D eigenvalue weighted by atomic mass is 16.3. The van der Waals surface area contributed by atoms with Crippen molar-refractivity contribution in [2.45, 2.75) is 32.4 Å². The molecular formula is C15H21N5O2. The number of imidazole rings is 1. The van der Waals surface area contributed by atoms with Crippen LogP contribution in [0, 0.1) is 0 Å². The molecule has 0 saturated heterocycles. The van der Waals surface area contributed by atoms with Crippen molar-refractivity contribution in [3.63, 3.8) is 0 Å². The number of aliphatic hydroxyl groups excluding tert-OH is 1. The van der Waals surface area contributed by atoms with E-state index in [1.54, 1.807) is 18.7 Å². The van der Waals surface area contributed by atoms with Gasteiger partial charge in [-0.1, -0.05) is 13.0 Å². The van der Waals surface area contributed by atoms with Crippen molar-refractivity contribution in [2.24, 2.45) is 0 Å². The van der Waals surface area contributed by atoms with Gasteiger partial charge >= 0.3 is 6.03 Å². The molecule has 0 aliphatic heterocycles. The van der Waals surface area contributed by atoms with Crippen molar-refractivity contribution in [1.82, 2.24) is 25.2 Å². The molecule has 3 N–H and O–H groups in total. The summed E-state index contributed by atoms with van der Waals surface area (Å²) in [6.45, 7) is 2.77. The summed E-state index contributed by atoms with van der Waals surface area (Å²) in [7, 11) is 0. The molecule has 2 aromatic rings. The van der Waals surface area contributed by atoms with Gasteiger partial charge in [0, 0.05) is 31.7 Å². The normalized spacial score (nSPS) is 11.9. The highest BCUT2D eigenvalue weighted by Crippen LogP contribution is 2.05. The fourth-order valence-corrected chi connectivity index (χ4v) is 1.87. The van der Waals surface area contributed by atoms with Gasteiger partial charge in [0.15, 0.2) is 0 Å². The van der Waals surface area contributed by atoms with Crippen LogP contribution in [-0.2, 0) is 6.54 Å². The number of aliphatic hydroxyl groups is 1. The van der Waals surface area contributed by atoms with Crippen LogP contribution in [-0.4, -0.2) is 38.3 Å². The second-order valence-electron chi connectivity index (χ2n) is 4.95. The molecule has 0 aromatic carbocycles. The predicted octanol–water partition coefficient (Wildman–Crippen LogP) is 1.23. The van der Waals surface area contributed by atoms with Gasteiger partial charge in [-0.2, -0.15) is 0 Å².